The first-order valence-corrected chi connectivity index (χ1v) is 8.27. The van der Waals surface area contributed by atoms with Crippen LogP contribution in [0.1, 0.15) is 65.2 Å². The number of urea groups is 1. The first-order chi connectivity index (χ1) is 9.94. The smallest absolute Gasteiger partial charge is 0.329 e. The van der Waals surface area contributed by atoms with Crippen molar-refractivity contribution in [2.24, 2.45) is 5.92 Å². The highest BCUT2D eigenvalue weighted by atomic mass is 16.4. The summed E-state index contributed by atoms with van der Waals surface area (Å²) in [6.45, 7) is 4.98. The largest absolute Gasteiger partial charge is 0.480 e. The third kappa shape index (κ3) is 3.69. The van der Waals surface area contributed by atoms with E-state index in [1.54, 1.807) is 0 Å². The van der Waals surface area contributed by atoms with Crippen LogP contribution in [0.2, 0.25) is 0 Å². The molecule has 120 valence electrons. The predicted molar refractivity (Wildman–Crippen MR) is 81.2 cm³/mol. The van der Waals surface area contributed by atoms with Gasteiger partial charge in [0.1, 0.15) is 5.54 Å². The highest BCUT2D eigenvalue weighted by Gasteiger charge is 2.41. The molecule has 0 aromatic rings. The van der Waals surface area contributed by atoms with Gasteiger partial charge in [-0.05, 0) is 38.5 Å². The number of rotatable bonds is 2. The zero-order valence-electron chi connectivity index (χ0n) is 13.2. The zero-order valence-corrected chi connectivity index (χ0v) is 13.2. The van der Waals surface area contributed by atoms with Crippen LogP contribution in [0, 0.1) is 5.92 Å². The standard InChI is InChI=1S/C16H28N2O3/c1-12-7-10-18(13(2)11-12)15(21)17-16(14(19)20)8-5-3-4-6-9-16/h12-13H,3-11H2,1-2H3,(H,17,21)(H,19,20). The fraction of sp³-hybridized carbons (Fsp3) is 0.875. The van der Waals surface area contributed by atoms with E-state index >= 15 is 0 Å². The van der Waals surface area contributed by atoms with Gasteiger partial charge in [0.05, 0.1) is 0 Å². The molecule has 0 aromatic carbocycles. The molecule has 5 heteroatoms. The van der Waals surface area contributed by atoms with Crippen LogP contribution in [0.3, 0.4) is 0 Å². The number of amides is 2. The fourth-order valence-corrected chi connectivity index (χ4v) is 3.71. The van der Waals surface area contributed by atoms with E-state index in [0.29, 0.717) is 18.8 Å². The molecule has 2 unspecified atom stereocenters. The Balaban J connectivity index is 2.06. The summed E-state index contributed by atoms with van der Waals surface area (Å²) in [5.74, 6) is -0.244. The number of carboxylic acids is 1. The van der Waals surface area contributed by atoms with E-state index in [1.165, 1.54) is 0 Å². The van der Waals surface area contributed by atoms with Crippen LogP contribution in [-0.4, -0.2) is 40.1 Å². The molecular formula is C16H28N2O3. The van der Waals surface area contributed by atoms with Gasteiger partial charge >= 0.3 is 12.0 Å². The molecule has 1 aliphatic carbocycles. The lowest BCUT2D eigenvalue weighted by atomic mass is 9.90. The summed E-state index contributed by atoms with van der Waals surface area (Å²) < 4.78 is 0. The minimum Gasteiger partial charge on any atom is -0.480 e. The second-order valence-electron chi connectivity index (χ2n) is 6.90. The second-order valence-corrected chi connectivity index (χ2v) is 6.90. The minimum atomic E-state index is -1.06. The Morgan fingerprint density at radius 1 is 1.14 bits per heavy atom. The summed E-state index contributed by atoms with van der Waals surface area (Å²) in [4.78, 5) is 26.1. The van der Waals surface area contributed by atoms with Gasteiger partial charge in [-0.1, -0.05) is 32.6 Å². The van der Waals surface area contributed by atoms with Crippen molar-refractivity contribution in [3.05, 3.63) is 0 Å². The van der Waals surface area contributed by atoms with Crippen LogP contribution >= 0.6 is 0 Å². The average molecular weight is 296 g/mol. The van der Waals surface area contributed by atoms with Crippen LogP contribution in [-0.2, 0) is 4.79 Å². The third-order valence-electron chi connectivity index (χ3n) is 5.11. The number of hydrogen-bond acceptors (Lipinski definition) is 2. The summed E-state index contributed by atoms with van der Waals surface area (Å²) in [5.41, 5.74) is -1.06. The van der Waals surface area contributed by atoms with Crippen LogP contribution in [0.25, 0.3) is 0 Å². The summed E-state index contributed by atoms with van der Waals surface area (Å²) in [5, 5.41) is 12.5. The lowest BCUT2D eigenvalue weighted by Gasteiger charge is -2.39. The van der Waals surface area contributed by atoms with Crippen molar-refractivity contribution in [2.75, 3.05) is 6.54 Å². The van der Waals surface area contributed by atoms with E-state index < -0.39 is 11.5 Å². The summed E-state index contributed by atoms with van der Waals surface area (Å²) in [7, 11) is 0. The van der Waals surface area contributed by atoms with E-state index in [9.17, 15) is 14.7 Å². The van der Waals surface area contributed by atoms with Gasteiger partial charge in [-0.3, -0.25) is 0 Å². The molecule has 2 fully saturated rings. The average Bonchev–Trinajstić information content (AvgIpc) is 2.65. The molecule has 2 amide bonds. The third-order valence-corrected chi connectivity index (χ3v) is 5.11. The van der Waals surface area contributed by atoms with Gasteiger partial charge in [-0.15, -0.1) is 0 Å². The van der Waals surface area contributed by atoms with Crippen molar-refractivity contribution < 1.29 is 14.7 Å². The van der Waals surface area contributed by atoms with Gasteiger partial charge in [-0.2, -0.15) is 0 Å². The van der Waals surface area contributed by atoms with Gasteiger partial charge < -0.3 is 15.3 Å². The number of piperidine rings is 1. The van der Waals surface area contributed by atoms with Crippen molar-refractivity contribution in [1.82, 2.24) is 10.2 Å². The molecule has 1 saturated heterocycles. The van der Waals surface area contributed by atoms with E-state index in [0.717, 1.165) is 45.1 Å². The first-order valence-electron chi connectivity index (χ1n) is 8.27. The molecule has 5 nitrogen and oxygen atoms in total. The molecule has 2 N–H and O–H groups in total. The number of nitrogens with zero attached hydrogens (tertiary/aromatic N) is 1. The van der Waals surface area contributed by atoms with Gasteiger partial charge in [0.25, 0.3) is 0 Å². The van der Waals surface area contributed by atoms with Crippen molar-refractivity contribution in [1.29, 1.82) is 0 Å². The molecule has 1 aliphatic heterocycles. The van der Waals surface area contributed by atoms with Crippen molar-refractivity contribution >= 4 is 12.0 Å². The molecule has 0 radical (unpaired) electrons. The van der Waals surface area contributed by atoms with Crippen LogP contribution in [0.4, 0.5) is 4.79 Å². The molecule has 2 atom stereocenters. The molecular weight excluding hydrogens is 268 g/mol. The molecule has 0 bridgehead atoms. The topological polar surface area (TPSA) is 69.6 Å². The van der Waals surface area contributed by atoms with Gasteiger partial charge in [-0.25, -0.2) is 9.59 Å². The Hall–Kier alpha value is -1.26. The van der Waals surface area contributed by atoms with Crippen LogP contribution < -0.4 is 5.32 Å². The summed E-state index contributed by atoms with van der Waals surface area (Å²) >= 11 is 0. The maximum absolute atomic E-state index is 12.6. The number of aliphatic carboxylic acids is 1. The highest BCUT2D eigenvalue weighted by Crippen LogP contribution is 2.29. The van der Waals surface area contributed by atoms with Crippen LogP contribution in [0.15, 0.2) is 0 Å². The van der Waals surface area contributed by atoms with E-state index in [4.69, 9.17) is 0 Å². The summed E-state index contributed by atoms with van der Waals surface area (Å²) in [6, 6.07) is -0.0101. The lowest BCUT2D eigenvalue weighted by Crippen LogP contribution is -2.59. The number of carbonyl (C=O) groups excluding carboxylic acids is 1. The van der Waals surface area contributed by atoms with E-state index in [1.807, 2.05) is 4.90 Å². The van der Waals surface area contributed by atoms with Crippen molar-refractivity contribution in [3.8, 4) is 0 Å². The Morgan fingerprint density at radius 2 is 1.76 bits per heavy atom. The van der Waals surface area contributed by atoms with E-state index in [2.05, 4.69) is 19.2 Å². The predicted octanol–water partition coefficient (Wildman–Crippen LogP) is 2.99. The highest BCUT2D eigenvalue weighted by molar-refractivity contribution is 5.86. The quantitative estimate of drug-likeness (QED) is 0.770. The maximum atomic E-state index is 12.6. The minimum absolute atomic E-state index is 0.186. The fourth-order valence-electron chi connectivity index (χ4n) is 3.71. The molecule has 1 heterocycles. The van der Waals surface area contributed by atoms with Gasteiger partial charge in [0.15, 0.2) is 0 Å². The van der Waals surface area contributed by atoms with Gasteiger partial charge in [0.2, 0.25) is 0 Å². The molecule has 1 saturated carbocycles. The van der Waals surface area contributed by atoms with Crippen molar-refractivity contribution in [3.63, 3.8) is 0 Å². The number of carbonyl (C=O) groups is 2. The summed E-state index contributed by atoms with van der Waals surface area (Å²) in [6.07, 6.45) is 6.95. The monoisotopic (exact) mass is 296 g/mol. The second kappa shape index (κ2) is 6.67. The molecule has 2 aliphatic rings. The molecule has 0 spiro atoms. The SMILES string of the molecule is CC1CCN(C(=O)NC2(C(=O)O)CCCCCC2)C(C)C1. The number of hydrogen-bond donors (Lipinski definition) is 2. The number of nitrogens with one attached hydrogen (secondary N) is 1. The first kappa shape index (κ1) is 16.1. The molecule has 0 aromatic heterocycles. The number of likely N-dealkylation sites (tertiary alicyclic amines) is 1. The van der Waals surface area contributed by atoms with Crippen LogP contribution in [0.5, 0.6) is 0 Å². The normalized spacial score (nSPS) is 29.5. The Labute approximate surface area is 127 Å². The Morgan fingerprint density at radius 3 is 2.29 bits per heavy atom. The molecule has 2 rings (SSSR count). The Bertz CT molecular complexity index is 389. The lowest BCUT2D eigenvalue weighted by molar-refractivity contribution is -0.145. The van der Waals surface area contributed by atoms with Crippen molar-refractivity contribution in [2.45, 2.75) is 76.8 Å². The number of carboxylic acid groups (broad SMARTS) is 1. The Kier molecular flexibility index (Phi) is 5.12. The maximum Gasteiger partial charge on any atom is 0.329 e. The molecule has 21 heavy (non-hydrogen) atoms. The van der Waals surface area contributed by atoms with Gasteiger partial charge in [0, 0.05) is 12.6 Å². The van der Waals surface area contributed by atoms with E-state index in [-0.39, 0.29) is 12.1 Å². The zero-order chi connectivity index (χ0) is 15.5.